The van der Waals surface area contributed by atoms with Crippen LogP contribution in [0.15, 0.2) is 24.3 Å². The lowest BCUT2D eigenvalue weighted by Gasteiger charge is -2.29. The van der Waals surface area contributed by atoms with Crippen LogP contribution >= 0.6 is 0 Å². The zero-order chi connectivity index (χ0) is 13.7. The first-order valence-corrected chi connectivity index (χ1v) is 6.41. The van der Waals surface area contributed by atoms with E-state index in [1.807, 2.05) is 38.2 Å². The Hall–Kier alpha value is -1.35. The van der Waals surface area contributed by atoms with Gasteiger partial charge in [0.15, 0.2) is 5.78 Å². The molecule has 0 aliphatic carbocycles. The number of ether oxygens (including phenoxy) is 1. The molecule has 0 aliphatic rings. The summed E-state index contributed by atoms with van der Waals surface area (Å²) in [6.45, 7) is 6.22. The summed E-state index contributed by atoms with van der Waals surface area (Å²) < 4.78 is 5.09. The predicted molar refractivity (Wildman–Crippen MR) is 74.3 cm³/mol. The number of nitrogens with zero attached hydrogens (tertiary/aromatic N) is 1. The number of likely N-dealkylation sites (N-methyl/N-ethyl adjacent to an activating group) is 1. The summed E-state index contributed by atoms with van der Waals surface area (Å²) in [5, 5.41) is 0. The van der Waals surface area contributed by atoms with Crippen LogP contribution in [0.25, 0.3) is 0 Å². The summed E-state index contributed by atoms with van der Waals surface area (Å²) in [7, 11) is 3.62. The van der Waals surface area contributed by atoms with Gasteiger partial charge in [-0.1, -0.05) is 6.92 Å². The van der Waals surface area contributed by atoms with Crippen LogP contribution in [0, 0.1) is 0 Å². The SMILES string of the molecule is CCC(C)N(C)C(C)C(=O)c1ccc(OC)cc1. The van der Waals surface area contributed by atoms with Gasteiger partial charge in [-0.2, -0.15) is 0 Å². The first kappa shape index (κ1) is 14.7. The van der Waals surface area contributed by atoms with Crippen molar-refractivity contribution in [3.63, 3.8) is 0 Å². The van der Waals surface area contributed by atoms with E-state index in [0.717, 1.165) is 17.7 Å². The van der Waals surface area contributed by atoms with Crippen molar-refractivity contribution in [1.29, 1.82) is 0 Å². The highest BCUT2D eigenvalue weighted by molar-refractivity contribution is 5.99. The Morgan fingerprint density at radius 3 is 2.28 bits per heavy atom. The molecule has 0 amide bonds. The van der Waals surface area contributed by atoms with Gasteiger partial charge in [-0.05, 0) is 51.6 Å². The van der Waals surface area contributed by atoms with Gasteiger partial charge in [0.25, 0.3) is 0 Å². The number of hydrogen-bond acceptors (Lipinski definition) is 3. The Kier molecular flexibility index (Phi) is 5.35. The third kappa shape index (κ3) is 3.33. The van der Waals surface area contributed by atoms with E-state index in [9.17, 15) is 4.79 Å². The number of methoxy groups -OCH3 is 1. The lowest BCUT2D eigenvalue weighted by atomic mass is 10.0. The molecule has 18 heavy (non-hydrogen) atoms. The summed E-state index contributed by atoms with van der Waals surface area (Å²) in [5.41, 5.74) is 0.735. The lowest BCUT2D eigenvalue weighted by Crippen LogP contribution is -2.41. The van der Waals surface area contributed by atoms with Crippen LogP contribution in [0.5, 0.6) is 5.75 Å². The van der Waals surface area contributed by atoms with Crippen molar-refractivity contribution in [1.82, 2.24) is 4.90 Å². The number of carbonyl (C=O) groups is 1. The monoisotopic (exact) mass is 249 g/mol. The van der Waals surface area contributed by atoms with E-state index in [0.29, 0.717) is 6.04 Å². The molecule has 0 bridgehead atoms. The topological polar surface area (TPSA) is 29.5 Å². The van der Waals surface area contributed by atoms with E-state index in [-0.39, 0.29) is 11.8 Å². The predicted octanol–water partition coefficient (Wildman–Crippen LogP) is 3.00. The molecule has 2 unspecified atom stereocenters. The normalized spacial score (nSPS) is 14.3. The summed E-state index contributed by atoms with van der Waals surface area (Å²) in [6, 6.07) is 7.59. The van der Waals surface area contributed by atoms with Crippen molar-refractivity contribution in [3.05, 3.63) is 29.8 Å². The maximum atomic E-state index is 12.3. The molecule has 0 N–H and O–H groups in total. The molecular formula is C15H23NO2. The highest BCUT2D eigenvalue weighted by Crippen LogP contribution is 2.15. The molecule has 3 heteroatoms. The Morgan fingerprint density at radius 2 is 1.83 bits per heavy atom. The minimum absolute atomic E-state index is 0.103. The van der Waals surface area contributed by atoms with Crippen LogP contribution in [-0.2, 0) is 0 Å². The second kappa shape index (κ2) is 6.55. The van der Waals surface area contributed by atoms with Gasteiger partial charge in [0.2, 0.25) is 0 Å². The third-order valence-corrected chi connectivity index (χ3v) is 3.65. The summed E-state index contributed by atoms with van der Waals surface area (Å²) in [4.78, 5) is 14.4. The summed E-state index contributed by atoms with van der Waals surface area (Å²) >= 11 is 0. The van der Waals surface area contributed by atoms with E-state index in [2.05, 4.69) is 18.7 Å². The fourth-order valence-corrected chi connectivity index (χ4v) is 1.85. The molecule has 3 nitrogen and oxygen atoms in total. The zero-order valence-corrected chi connectivity index (χ0v) is 11.9. The lowest BCUT2D eigenvalue weighted by molar-refractivity contribution is 0.0824. The Labute approximate surface area is 110 Å². The van der Waals surface area contributed by atoms with Gasteiger partial charge in [0, 0.05) is 11.6 Å². The summed E-state index contributed by atoms with van der Waals surface area (Å²) in [6.07, 6.45) is 1.04. The van der Waals surface area contributed by atoms with E-state index in [1.54, 1.807) is 7.11 Å². The van der Waals surface area contributed by atoms with Gasteiger partial charge in [0.05, 0.1) is 13.2 Å². The highest BCUT2D eigenvalue weighted by Gasteiger charge is 2.22. The van der Waals surface area contributed by atoms with Crippen LogP contribution in [0.1, 0.15) is 37.6 Å². The van der Waals surface area contributed by atoms with Crippen molar-refractivity contribution in [3.8, 4) is 5.75 Å². The van der Waals surface area contributed by atoms with Gasteiger partial charge >= 0.3 is 0 Å². The highest BCUT2D eigenvalue weighted by atomic mass is 16.5. The van der Waals surface area contributed by atoms with E-state index in [4.69, 9.17) is 4.74 Å². The zero-order valence-electron chi connectivity index (χ0n) is 11.9. The fourth-order valence-electron chi connectivity index (χ4n) is 1.85. The molecule has 2 atom stereocenters. The molecular weight excluding hydrogens is 226 g/mol. The van der Waals surface area contributed by atoms with E-state index in [1.165, 1.54) is 0 Å². The second-order valence-electron chi connectivity index (χ2n) is 4.69. The van der Waals surface area contributed by atoms with Crippen molar-refractivity contribution in [2.45, 2.75) is 39.3 Å². The number of Topliss-reactive ketones (excluding diaryl/α,β-unsaturated/α-hetero) is 1. The molecule has 0 aromatic heterocycles. The second-order valence-corrected chi connectivity index (χ2v) is 4.69. The minimum Gasteiger partial charge on any atom is -0.497 e. The Balaban J connectivity index is 2.79. The van der Waals surface area contributed by atoms with Crippen LogP contribution < -0.4 is 4.74 Å². The molecule has 0 radical (unpaired) electrons. The maximum absolute atomic E-state index is 12.3. The quantitative estimate of drug-likeness (QED) is 0.726. The number of rotatable bonds is 6. The molecule has 1 aromatic carbocycles. The van der Waals surface area contributed by atoms with E-state index < -0.39 is 0 Å². The van der Waals surface area contributed by atoms with Crippen molar-refractivity contribution < 1.29 is 9.53 Å². The van der Waals surface area contributed by atoms with Gasteiger partial charge in [-0.15, -0.1) is 0 Å². The smallest absolute Gasteiger partial charge is 0.179 e. The molecule has 0 spiro atoms. The molecule has 1 rings (SSSR count). The molecule has 0 aliphatic heterocycles. The van der Waals surface area contributed by atoms with Crippen molar-refractivity contribution in [2.24, 2.45) is 0 Å². The summed E-state index contributed by atoms with van der Waals surface area (Å²) in [5.74, 6) is 0.926. The average molecular weight is 249 g/mol. The molecule has 0 fully saturated rings. The van der Waals surface area contributed by atoms with Crippen molar-refractivity contribution >= 4 is 5.78 Å². The van der Waals surface area contributed by atoms with Crippen molar-refractivity contribution in [2.75, 3.05) is 14.2 Å². The van der Waals surface area contributed by atoms with Gasteiger partial charge in [-0.3, -0.25) is 9.69 Å². The van der Waals surface area contributed by atoms with Gasteiger partial charge in [0.1, 0.15) is 5.75 Å². The van der Waals surface area contributed by atoms with Gasteiger partial charge in [-0.25, -0.2) is 0 Å². The standard InChI is InChI=1S/C15H23NO2/c1-6-11(2)16(4)12(3)15(17)13-7-9-14(18-5)10-8-13/h7-12H,6H2,1-5H3. The number of hydrogen-bond donors (Lipinski definition) is 0. The average Bonchev–Trinajstić information content (AvgIpc) is 2.44. The van der Waals surface area contributed by atoms with Crippen LogP contribution in [0.2, 0.25) is 0 Å². The Morgan fingerprint density at radius 1 is 1.28 bits per heavy atom. The fraction of sp³-hybridized carbons (Fsp3) is 0.533. The maximum Gasteiger partial charge on any atom is 0.179 e. The van der Waals surface area contributed by atoms with Crippen LogP contribution in [0.3, 0.4) is 0 Å². The largest absolute Gasteiger partial charge is 0.497 e. The molecule has 0 saturated carbocycles. The van der Waals surface area contributed by atoms with Crippen LogP contribution in [0.4, 0.5) is 0 Å². The number of carbonyl (C=O) groups excluding carboxylic acids is 1. The van der Waals surface area contributed by atoms with Crippen LogP contribution in [-0.4, -0.2) is 36.9 Å². The number of ketones is 1. The molecule has 0 heterocycles. The Bertz CT molecular complexity index is 386. The minimum atomic E-state index is -0.103. The van der Waals surface area contributed by atoms with Gasteiger partial charge < -0.3 is 4.74 Å². The third-order valence-electron chi connectivity index (χ3n) is 3.65. The first-order valence-electron chi connectivity index (χ1n) is 6.41. The molecule has 100 valence electrons. The molecule has 0 saturated heterocycles. The first-order chi connectivity index (χ1) is 8.51. The number of benzene rings is 1. The van der Waals surface area contributed by atoms with E-state index >= 15 is 0 Å². The molecule has 1 aromatic rings.